The minimum absolute atomic E-state index is 0.652. The van der Waals surface area contributed by atoms with Gasteiger partial charge in [-0.15, -0.1) is 11.3 Å². The van der Waals surface area contributed by atoms with Crippen molar-refractivity contribution in [2.24, 2.45) is 0 Å². The number of benzene rings is 1. The highest BCUT2D eigenvalue weighted by Gasteiger charge is 2.15. The summed E-state index contributed by atoms with van der Waals surface area (Å²) in [6.45, 7) is 5.17. The molecule has 0 aliphatic carbocycles. The third kappa shape index (κ3) is 2.50. The van der Waals surface area contributed by atoms with Crippen molar-refractivity contribution >= 4 is 38.3 Å². The summed E-state index contributed by atoms with van der Waals surface area (Å²) in [7, 11) is 0. The van der Waals surface area contributed by atoms with Gasteiger partial charge < -0.3 is 4.57 Å². The molecule has 0 atom stereocenters. The summed E-state index contributed by atoms with van der Waals surface area (Å²) in [5.74, 6) is 0.987. The van der Waals surface area contributed by atoms with Gasteiger partial charge in [0.25, 0.3) is 0 Å². The summed E-state index contributed by atoms with van der Waals surface area (Å²) in [5, 5.41) is 9.04. The Balaban J connectivity index is 2.25. The Kier molecular flexibility index (Phi) is 3.83. The van der Waals surface area contributed by atoms with Gasteiger partial charge in [0.2, 0.25) is 0 Å². The quantitative estimate of drug-likeness (QED) is 0.651. The third-order valence-corrected chi connectivity index (χ3v) is 5.53. The van der Waals surface area contributed by atoms with Gasteiger partial charge in [0.05, 0.1) is 31.3 Å². The van der Waals surface area contributed by atoms with Gasteiger partial charge in [-0.05, 0) is 59.1 Å². The van der Waals surface area contributed by atoms with Crippen molar-refractivity contribution in [2.45, 2.75) is 26.8 Å². The summed E-state index contributed by atoms with van der Waals surface area (Å²) in [6, 6.07) is 10.1. The Morgan fingerprint density at radius 1 is 1.38 bits per heavy atom. The number of aryl methyl sites for hydroxylation is 2. The molecule has 0 unspecified atom stereocenters. The van der Waals surface area contributed by atoms with Gasteiger partial charge in [0, 0.05) is 6.54 Å². The molecule has 2 aromatic heterocycles. The number of hydrogen-bond donors (Lipinski definition) is 0. The van der Waals surface area contributed by atoms with E-state index in [1.54, 1.807) is 11.3 Å². The van der Waals surface area contributed by atoms with Crippen LogP contribution in [0, 0.1) is 18.3 Å². The van der Waals surface area contributed by atoms with Crippen LogP contribution < -0.4 is 0 Å². The second kappa shape index (κ2) is 5.63. The Hall–Kier alpha value is -1.64. The van der Waals surface area contributed by atoms with E-state index >= 15 is 0 Å². The molecular formula is C16H14BrN3S. The van der Waals surface area contributed by atoms with Crippen molar-refractivity contribution in [1.29, 1.82) is 5.26 Å². The summed E-state index contributed by atoms with van der Waals surface area (Å²) in [6.07, 6.45) is 1.05. The van der Waals surface area contributed by atoms with Crippen LogP contribution in [0.4, 0.5) is 0 Å². The van der Waals surface area contributed by atoms with Gasteiger partial charge in [-0.2, -0.15) is 5.26 Å². The number of rotatable bonds is 3. The molecule has 0 spiro atoms. The predicted octanol–water partition coefficient (Wildman–Crippen LogP) is 5.12. The van der Waals surface area contributed by atoms with Gasteiger partial charge in [-0.1, -0.05) is 6.92 Å². The van der Waals surface area contributed by atoms with Gasteiger partial charge in [-0.3, -0.25) is 0 Å². The Bertz CT molecular complexity index is 835. The molecule has 0 radical (unpaired) electrons. The lowest BCUT2D eigenvalue weighted by Gasteiger charge is -2.05. The Labute approximate surface area is 136 Å². The number of nitrogens with zero attached hydrogens (tertiary/aromatic N) is 3. The largest absolute Gasteiger partial charge is 0.323 e. The molecule has 1 aromatic carbocycles. The molecule has 106 valence electrons. The molecule has 3 rings (SSSR count). The van der Waals surface area contributed by atoms with E-state index in [-0.39, 0.29) is 0 Å². The van der Waals surface area contributed by atoms with E-state index in [0.29, 0.717) is 5.56 Å². The first kappa shape index (κ1) is 14.3. The molecule has 0 bridgehead atoms. The maximum Gasteiger partial charge on any atom is 0.151 e. The molecule has 0 saturated carbocycles. The van der Waals surface area contributed by atoms with Crippen molar-refractivity contribution in [2.75, 3.05) is 0 Å². The number of aromatic nitrogens is 2. The van der Waals surface area contributed by atoms with Crippen LogP contribution in [-0.4, -0.2) is 9.55 Å². The van der Waals surface area contributed by atoms with Crippen LogP contribution in [0.3, 0.4) is 0 Å². The molecule has 0 N–H and O–H groups in total. The number of halogens is 1. The van der Waals surface area contributed by atoms with E-state index in [9.17, 15) is 0 Å². The number of fused-ring (bicyclic) bond motifs is 1. The second-order valence-electron chi connectivity index (χ2n) is 4.97. The minimum Gasteiger partial charge on any atom is -0.323 e. The highest BCUT2D eigenvalue weighted by molar-refractivity contribution is 9.11. The maximum absolute atomic E-state index is 9.04. The lowest BCUT2D eigenvalue weighted by Crippen LogP contribution is -1.98. The number of hydrogen-bond acceptors (Lipinski definition) is 3. The molecule has 0 aliphatic rings. The van der Waals surface area contributed by atoms with E-state index in [0.717, 1.165) is 38.5 Å². The Morgan fingerprint density at radius 3 is 2.81 bits per heavy atom. The zero-order valence-corrected chi connectivity index (χ0v) is 14.3. The number of thiophene rings is 1. The van der Waals surface area contributed by atoms with Gasteiger partial charge >= 0.3 is 0 Å². The second-order valence-corrected chi connectivity index (χ2v) is 7.34. The summed E-state index contributed by atoms with van der Waals surface area (Å²) < 4.78 is 3.39. The van der Waals surface area contributed by atoms with Crippen LogP contribution in [0.2, 0.25) is 0 Å². The highest BCUT2D eigenvalue weighted by Crippen LogP contribution is 2.36. The van der Waals surface area contributed by atoms with Gasteiger partial charge in [-0.25, -0.2) is 4.98 Å². The zero-order chi connectivity index (χ0) is 15.0. The van der Waals surface area contributed by atoms with Crippen LogP contribution in [-0.2, 0) is 6.54 Å². The molecule has 3 aromatic rings. The van der Waals surface area contributed by atoms with Crippen LogP contribution in [0.15, 0.2) is 28.1 Å². The van der Waals surface area contributed by atoms with Crippen LogP contribution >= 0.6 is 27.3 Å². The lowest BCUT2D eigenvalue weighted by atomic mass is 10.2. The fourth-order valence-corrected chi connectivity index (χ4v) is 3.94. The molecular weight excluding hydrogens is 346 g/mol. The van der Waals surface area contributed by atoms with Crippen molar-refractivity contribution < 1.29 is 0 Å². The summed E-state index contributed by atoms with van der Waals surface area (Å²) in [4.78, 5) is 5.92. The minimum atomic E-state index is 0.652. The van der Waals surface area contributed by atoms with E-state index in [1.165, 1.54) is 5.56 Å². The van der Waals surface area contributed by atoms with E-state index < -0.39 is 0 Å². The third-order valence-electron chi connectivity index (χ3n) is 3.40. The lowest BCUT2D eigenvalue weighted by molar-refractivity contribution is 0.705. The van der Waals surface area contributed by atoms with Crippen molar-refractivity contribution in [3.05, 3.63) is 39.2 Å². The van der Waals surface area contributed by atoms with Crippen molar-refractivity contribution in [3.63, 3.8) is 0 Å². The molecule has 0 amide bonds. The zero-order valence-electron chi connectivity index (χ0n) is 11.9. The first-order valence-electron chi connectivity index (χ1n) is 6.80. The number of imidazole rings is 1. The molecule has 0 aliphatic heterocycles. The topological polar surface area (TPSA) is 41.6 Å². The molecule has 3 nitrogen and oxygen atoms in total. The smallest absolute Gasteiger partial charge is 0.151 e. The fraction of sp³-hybridized carbons (Fsp3) is 0.250. The van der Waals surface area contributed by atoms with E-state index in [4.69, 9.17) is 10.2 Å². The monoisotopic (exact) mass is 359 g/mol. The number of nitriles is 1. The standard InChI is InChI=1S/C16H14BrN3S/c1-3-6-20-13-5-4-11(9-18)8-12(13)19-16(20)14-7-10(2)15(17)21-14/h4-5,7-8H,3,6H2,1-2H3. The summed E-state index contributed by atoms with van der Waals surface area (Å²) in [5.41, 5.74) is 3.86. The van der Waals surface area contributed by atoms with E-state index in [1.807, 2.05) is 18.2 Å². The normalized spacial score (nSPS) is 11.0. The average molecular weight is 360 g/mol. The summed E-state index contributed by atoms with van der Waals surface area (Å²) >= 11 is 5.28. The van der Waals surface area contributed by atoms with Gasteiger partial charge in [0.15, 0.2) is 5.82 Å². The first-order valence-corrected chi connectivity index (χ1v) is 8.41. The Morgan fingerprint density at radius 2 is 2.19 bits per heavy atom. The van der Waals surface area contributed by atoms with Crippen molar-refractivity contribution in [3.8, 4) is 16.8 Å². The molecule has 2 heterocycles. The SMILES string of the molecule is CCCn1c(-c2cc(C)c(Br)s2)nc2cc(C#N)ccc21. The molecule has 0 fully saturated rings. The molecule has 5 heteroatoms. The van der Waals surface area contributed by atoms with Gasteiger partial charge in [0.1, 0.15) is 0 Å². The predicted molar refractivity (Wildman–Crippen MR) is 90.5 cm³/mol. The fourth-order valence-electron chi connectivity index (χ4n) is 2.41. The van der Waals surface area contributed by atoms with Crippen LogP contribution in [0.1, 0.15) is 24.5 Å². The average Bonchev–Trinajstić information content (AvgIpc) is 3.00. The van der Waals surface area contributed by atoms with E-state index in [2.05, 4.69) is 46.5 Å². The molecule has 21 heavy (non-hydrogen) atoms. The first-order chi connectivity index (χ1) is 10.1. The van der Waals surface area contributed by atoms with Crippen molar-refractivity contribution in [1.82, 2.24) is 9.55 Å². The highest BCUT2D eigenvalue weighted by atomic mass is 79.9. The maximum atomic E-state index is 9.04. The van der Waals surface area contributed by atoms with Crippen LogP contribution in [0.25, 0.3) is 21.7 Å². The molecule has 0 saturated heterocycles. The van der Waals surface area contributed by atoms with Crippen LogP contribution in [0.5, 0.6) is 0 Å².